The van der Waals surface area contributed by atoms with E-state index in [1.54, 1.807) is 32.2 Å². The van der Waals surface area contributed by atoms with E-state index >= 15 is 0 Å². The molecule has 2 aromatic carbocycles. The van der Waals surface area contributed by atoms with E-state index in [0.717, 1.165) is 11.3 Å². The minimum absolute atomic E-state index is 0.191. The topological polar surface area (TPSA) is 73.2 Å². The van der Waals surface area contributed by atoms with Gasteiger partial charge in [-0.25, -0.2) is 9.07 Å². The van der Waals surface area contributed by atoms with E-state index in [1.807, 2.05) is 24.3 Å². The Morgan fingerprint density at radius 1 is 1.14 bits per heavy atom. The van der Waals surface area contributed by atoms with Gasteiger partial charge < -0.3 is 10.1 Å². The van der Waals surface area contributed by atoms with Gasteiger partial charge in [-0.2, -0.15) is 5.10 Å². The molecule has 0 saturated carbocycles. The van der Waals surface area contributed by atoms with E-state index in [4.69, 9.17) is 4.74 Å². The number of nitrogens with zero attached hydrogens (tertiary/aromatic N) is 2. The minimum atomic E-state index is -0.367. The first-order valence-electron chi connectivity index (χ1n) is 9.25. The van der Waals surface area contributed by atoms with Gasteiger partial charge in [0, 0.05) is 30.3 Å². The summed E-state index contributed by atoms with van der Waals surface area (Å²) in [5, 5.41) is 7.04. The number of hydrogen-bond acceptors (Lipinski definition) is 4. The molecule has 150 valence electrons. The van der Waals surface area contributed by atoms with Gasteiger partial charge in [-0.1, -0.05) is 6.07 Å². The first kappa shape index (κ1) is 20.3. The van der Waals surface area contributed by atoms with Gasteiger partial charge in [0.15, 0.2) is 0 Å². The van der Waals surface area contributed by atoms with Crippen LogP contribution in [0.2, 0.25) is 0 Å². The Labute approximate surface area is 168 Å². The van der Waals surface area contributed by atoms with Gasteiger partial charge in [-0.3, -0.25) is 9.59 Å². The molecular weight excluding hydrogens is 373 g/mol. The number of anilines is 1. The maximum Gasteiger partial charge on any atom is 0.266 e. The average molecular weight is 395 g/mol. The van der Waals surface area contributed by atoms with E-state index < -0.39 is 0 Å². The Balaban J connectivity index is 1.60. The zero-order valence-electron chi connectivity index (χ0n) is 16.3. The number of aromatic nitrogens is 2. The predicted molar refractivity (Wildman–Crippen MR) is 109 cm³/mol. The highest BCUT2D eigenvalue weighted by Crippen LogP contribution is 2.19. The van der Waals surface area contributed by atoms with Crippen LogP contribution in [0.5, 0.6) is 5.75 Å². The van der Waals surface area contributed by atoms with Gasteiger partial charge in [0.1, 0.15) is 11.6 Å². The second kappa shape index (κ2) is 9.14. The SMILES string of the molecule is COc1ccc(-c2ccc(=O)n(CCCC(=O)Nc3ccc(C)c(F)c3)n2)cc1. The quantitative estimate of drug-likeness (QED) is 0.661. The summed E-state index contributed by atoms with van der Waals surface area (Å²) >= 11 is 0. The minimum Gasteiger partial charge on any atom is -0.497 e. The number of methoxy groups -OCH3 is 1. The van der Waals surface area contributed by atoms with Crippen LogP contribution in [-0.2, 0) is 11.3 Å². The average Bonchev–Trinajstić information content (AvgIpc) is 2.72. The Bertz CT molecular complexity index is 1060. The molecule has 29 heavy (non-hydrogen) atoms. The molecule has 0 saturated heterocycles. The van der Waals surface area contributed by atoms with Crippen LogP contribution in [0.4, 0.5) is 10.1 Å². The molecule has 6 nitrogen and oxygen atoms in total. The van der Waals surface area contributed by atoms with Crippen molar-refractivity contribution in [2.24, 2.45) is 0 Å². The lowest BCUT2D eigenvalue weighted by Crippen LogP contribution is -2.23. The fourth-order valence-corrected chi connectivity index (χ4v) is 2.81. The van der Waals surface area contributed by atoms with E-state index in [1.165, 1.54) is 16.8 Å². The van der Waals surface area contributed by atoms with Crippen LogP contribution in [0.25, 0.3) is 11.3 Å². The van der Waals surface area contributed by atoms with Crippen LogP contribution in [0.3, 0.4) is 0 Å². The highest BCUT2D eigenvalue weighted by Gasteiger charge is 2.07. The molecule has 3 aromatic rings. The maximum absolute atomic E-state index is 13.6. The summed E-state index contributed by atoms with van der Waals surface area (Å²) < 4.78 is 20.1. The second-order valence-electron chi connectivity index (χ2n) is 6.62. The van der Waals surface area contributed by atoms with Crippen LogP contribution in [0.15, 0.2) is 59.4 Å². The van der Waals surface area contributed by atoms with Crippen molar-refractivity contribution in [2.75, 3.05) is 12.4 Å². The van der Waals surface area contributed by atoms with Gasteiger partial charge >= 0.3 is 0 Å². The second-order valence-corrected chi connectivity index (χ2v) is 6.62. The van der Waals surface area contributed by atoms with Crippen LogP contribution in [0, 0.1) is 12.7 Å². The number of benzene rings is 2. The molecule has 0 aliphatic carbocycles. The van der Waals surface area contributed by atoms with Gasteiger partial charge in [0.05, 0.1) is 12.8 Å². The summed E-state index contributed by atoms with van der Waals surface area (Å²) in [7, 11) is 1.60. The third-order valence-corrected chi connectivity index (χ3v) is 4.48. The molecule has 1 amide bonds. The van der Waals surface area contributed by atoms with Gasteiger partial charge in [0.2, 0.25) is 5.91 Å². The maximum atomic E-state index is 13.6. The number of hydrogen-bond donors (Lipinski definition) is 1. The summed E-state index contributed by atoms with van der Waals surface area (Å²) in [5.41, 5.74) is 2.22. The zero-order valence-corrected chi connectivity index (χ0v) is 16.3. The number of rotatable bonds is 7. The zero-order chi connectivity index (χ0) is 20.8. The van der Waals surface area contributed by atoms with Crippen molar-refractivity contribution in [3.8, 4) is 17.0 Å². The predicted octanol–water partition coefficient (Wildman–Crippen LogP) is 3.79. The van der Waals surface area contributed by atoms with Crippen LogP contribution in [0.1, 0.15) is 18.4 Å². The Morgan fingerprint density at radius 2 is 1.90 bits per heavy atom. The molecule has 0 aliphatic heterocycles. The number of aryl methyl sites for hydroxylation is 2. The van der Waals surface area contributed by atoms with Gasteiger partial charge in [0.25, 0.3) is 5.56 Å². The van der Waals surface area contributed by atoms with E-state index in [-0.39, 0.29) is 23.7 Å². The van der Waals surface area contributed by atoms with Crippen LogP contribution >= 0.6 is 0 Å². The van der Waals surface area contributed by atoms with Crippen LogP contribution < -0.4 is 15.6 Å². The van der Waals surface area contributed by atoms with Crippen LogP contribution in [-0.4, -0.2) is 22.8 Å². The summed E-state index contributed by atoms with van der Waals surface area (Å²) in [6.45, 7) is 1.96. The molecule has 1 heterocycles. The summed E-state index contributed by atoms with van der Waals surface area (Å²) in [5.74, 6) is 0.128. The third kappa shape index (κ3) is 5.28. The molecule has 0 spiro atoms. The number of carbonyl (C=O) groups excluding carboxylic acids is 1. The molecule has 0 aliphatic rings. The smallest absolute Gasteiger partial charge is 0.266 e. The van der Waals surface area contributed by atoms with Gasteiger partial charge in [-0.15, -0.1) is 0 Å². The van der Waals surface area contributed by atoms with E-state index in [9.17, 15) is 14.0 Å². The largest absolute Gasteiger partial charge is 0.497 e. The standard InChI is InChI=1S/C22H22FN3O3/c1-15-5-8-17(14-19(15)23)24-21(27)4-3-13-26-22(28)12-11-20(25-26)16-6-9-18(29-2)10-7-16/h5-12,14H,3-4,13H2,1-2H3,(H,24,27). The molecule has 7 heteroatoms. The first-order chi connectivity index (χ1) is 14.0. The van der Waals surface area contributed by atoms with Crippen molar-refractivity contribution in [1.82, 2.24) is 9.78 Å². The lowest BCUT2D eigenvalue weighted by atomic mass is 10.1. The number of halogens is 1. The Morgan fingerprint density at radius 3 is 2.59 bits per heavy atom. The number of carbonyl (C=O) groups is 1. The molecule has 0 radical (unpaired) electrons. The van der Waals surface area contributed by atoms with E-state index in [2.05, 4.69) is 10.4 Å². The van der Waals surface area contributed by atoms with Crippen molar-refractivity contribution in [3.63, 3.8) is 0 Å². The van der Waals surface area contributed by atoms with Gasteiger partial charge in [-0.05, 0) is 61.4 Å². The number of nitrogens with one attached hydrogen (secondary N) is 1. The molecule has 0 atom stereocenters. The van der Waals surface area contributed by atoms with Crippen molar-refractivity contribution < 1.29 is 13.9 Å². The lowest BCUT2D eigenvalue weighted by Gasteiger charge is -2.09. The number of amides is 1. The lowest BCUT2D eigenvalue weighted by molar-refractivity contribution is -0.116. The highest BCUT2D eigenvalue weighted by molar-refractivity contribution is 5.90. The molecule has 0 fully saturated rings. The molecule has 1 N–H and O–H groups in total. The molecular formula is C22H22FN3O3. The molecule has 0 bridgehead atoms. The summed E-state index contributed by atoms with van der Waals surface area (Å²) in [4.78, 5) is 24.2. The normalized spacial score (nSPS) is 10.6. The molecule has 3 rings (SSSR count). The fraction of sp³-hybridized carbons (Fsp3) is 0.227. The molecule has 1 aromatic heterocycles. The Kier molecular flexibility index (Phi) is 6.39. The van der Waals surface area contributed by atoms with Crippen molar-refractivity contribution in [3.05, 3.63) is 76.3 Å². The van der Waals surface area contributed by atoms with Crippen molar-refractivity contribution in [1.29, 1.82) is 0 Å². The highest BCUT2D eigenvalue weighted by atomic mass is 19.1. The third-order valence-electron chi connectivity index (χ3n) is 4.48. The molecule has 0 unspecified atom stereocenters. The first-order valence-corrected chi connectivity index (χ1v) is 9.25. The monoisotopic (exact) mass is 395 g/mol. The summed E-state index contributed by atoms with van der Waals surface area (Å²) in [6.07, 6.45) is 0.621. The number of ether oxygens (including phenoxy) is 1. The van der Waals surface area contributed by atoms with Crippen molar-refractivity contribution >= 4 is 11.6 Å². The summed E-state index contributed by atoms with van der Waals surface area (Å²) in [6, 6.07) is 15.1. The van der Waals surface area contributed by atoms with E-state index in [0.29, 0.717) is 29.9 Å². The fourth-order valence-electron chi connectivity index (χ4n) is 2.81. The Hall–Kier alpha value is -3.48. The van der Waals surface area contributed by atoms with Crippen molar-refractivity contribution in [2.45, 2.75) is 26.3 Å².